The molecule has 0 unspecified atom stereocenters. The summed E-state index contributed by atoms with van der Waals surface area (Å²) in [5.41, 5.74) is 1.33. The van der Waals surface area contributed by atoms with E-state index in [1.165, 1.54) is 18.4 Å². The van der Waals surface area contributed by atoms with E-state index in [1.54, 1.807) is 18.2 Å². The Morgan fingerprint density at radius 3 is 2.85 bits per heavy atom. The van der Waals surface area contributed by atoms with Crippen LogP contribution in [-0.2, 0) is 6.54 Å². The van der Waals surface area contributed by atoms with Crippen molar-refractivity contribution >= 4 is 27.5 Å². The van der Waals surface area contributed by atoms with Crippen molar-refractivity contribution in [2.24, 2.45) is 4.99 Å². The molecule has 0 saturated carbocycles. The molecule has 2 aromatic carbocycles. The second-order valence-electron chi connectivity index (χ2n) is 5.35. The zero-order valence-corrected chi connectivity index (χ0v) is 15.4. The van der Waals surface area contributed by atoms with Crippen molar-refractivity contribution < 1.29 is 14.3 Å². The topological polar surface area (TPSA) is 52.8 Å². The molecule has 0 spiro atoms. The monoisotopic (exact) mass is 366 g/mol. The van der Waals surface area contributed by atoms with E-state index in [1.807, 2.05) is 35.8 Å². The zero-order valence-electron chi connectivity index (χ0n) is 14.6. The number of para-hydroxylation sites is 1. The first kappa shape index (κ1) is 17.8. The summed E-state index contributed by atoms with van der Waals surface area (Å²) in [5.74, 6) is 3.51. The lowest BCUT2D eigenvalue weighted by Crippen LogP contribution is -2.16. The predicted molar refractivity (Wildman–Crippen MR) is 103 cm³/mol. The number of carbonyl (C=O) groups is 1. The van der Waals surface area contributed by atoms with Gasteiger partial charge in [0.05, 0.1) is 36.0 Å². The van der Waals surface area contributed by atoms with Crippen LogP contribution in [0, 0.1) is 12.3 Å². The van der Waals surface area contributed by atoms with Crippen molar-refractivity contribution in [3.8, 4) is 23.8 Å². The Hall–Kier alpha value is -3.04. The van der Waals surface area contributed by atoms with Crippen molar-refractivity contribution in [2.45, 2.75) is 13.5 Å². The van der Waals surface area contributed by atoms with Crippen LogP contribution in [0.5, 0.6) is 11.5 Å². The van der Waals surface area contributed by atoms with E-state index < -0.39 is 0 Å². The summed E-state index contributed by atoms with van der Waals surface area (Å²) in [5, 5.41) is 0. The minimum absolute atomic E-state index is 0.325. The molecule has 0 aliphatic rings. The molecule has 0 N–H and O–H groups in total. The average molecular weight is 366 g/mol. The standard InChI is InChI=1S/C20H18N2O3S/c1-4-12-22-16-11-10-14(25-5-2)13-18(16)26-20(22)21-19(23)15-8-6-7-9-17(15)24-3/h1,6-11,13H,5,12H2,2-3H3. The molecule has 0 radical (unpaired) electrons. The Bertz CT molecular complexity index is 1060. The fourth-order valence-electron chi connectivity index (χ4n) is 2.61. The van der Waals surface area contributed by atoms with E-state index in [2.05, 4.69) is 10.9 Å². The molecule has 1 aromatic heterocycles. The summed E-state index contributed by atoms with van der Waals surface area (Å²) >= 11 is 1.40. The number of carbonyl (C=O) groups excluding carboxylic acids is 1. The lowest BCUT2D eigenvalue weighted by atomic mass is 10.2. The first-order valence-electron chi connectivity index (χ1n) is 8.09. The van der Waals surface area contributed by atoms with Gasteiger partial charge < -0.3 is 14.0 Å². The number of methoxy groups -OCH3 is 1. The molecule has 0 aliphatic heterocycles. The fraction of sp³-hybridized carbons (Fsp3) is 0.200. The summed E-state index contributed by atoms with van der Waals surface area (Å²) in [7, 11) is 1.53. The Balaban J connectivity index is 2.13. The van der Waals surface area contributed by atoms with Crippen LogP contribution in [0.25, 0.3) is 10.2 Å². The molecule has 3 rings (SSSR count). The van der Waals surface area contributed by atoms with E-state index in [4.69, 9.17) is 15.9 Å². The number of terminal acetylenes is 1. The van der Waals surface area contributed by atoms with Crippen LogP contribution in [0.2, 0.25) is 0 Å². The average Bonchev–Trinajstić information content (AvgIpc) is 2.98. The number of rotatable bonds is 5. The molecule has 1 amide bonds. The Morgan fingerprint density at radius 2 is 2.12 bits per heavy atom. The number of benzene rings is 2. The van der Waals surface area contributed by atoms with Gasteiger partial charge in [-0.15, -0.1) is 6.42 Å². The lowest BCUT2D eigenvalue weighted by molar-refractivity contribution is 0.0995. The van der Waals surface area contributed by atoms with Gasteiger partial charge in [0.2, 0.25) is 0 Å². The highest BCUT2D eigenvalue weighted by Gasteiger charge is 2.13. The molecular weight excluding hydrogens is 348 g/mol. The smallest absolute Gasteiger partial charge is 0.283 e. The highest BCUT2D eigenvalue weighted by atomic mass is 32.1. The minimum Gasteiger partial charge on any atom is -0.496 e. The van der Waals surface area contributed by atoms with Crippen molar-refractivity contribution in [3.63, 3.8) is 0 Å². The van der Waals surface area contributed by atoms with Crippen molar-refractivity contribution in [3.05, 3.63) is 52.8 Å². The van der Waals surface area contributed by atoms with Gasteiger partial charge in [-0.2, -0.15) is 4.99 Å². The van der Waals surface area contributed by atoms with Gasteiger partial charge in [-0.05, 0) is 37.3 Å². The summed E-state index contributed by atoms with van der Waals surface area (Å²) < 4.78 is 13.6. The van der Waals surface area contributed by atoms with Crippen LogP contribution < -0.4 is 14.3 Å². The van der Waals surface area contributed by atoms with E-state index in [0.29, 0.717) is 29.3 Å². The third-order valence-electron chi connectivity index (χ3n) is 3.75. The van der Waals surface area contributed by atoms with Gasteiger partial charge in [0, 0.05) is 0 Å². The molecular formula is C20H18N2O3S. The predicted octanol–water partition coefficient (Wildman–Crippen LogP) is 3.48. The Morgan fingerprint density at radius 1 is 1.31 bits per heavy atom. The van der Waals surface area contributed by atoms with Crippen LogP contribution >= 0.6 is 11.3 Å². The highest BCUT2D eigenvalue weighted by molar-refractivity contribution is 7.16. The van der Waals surface area contributed by atoms with Crippen LogP contribution in [0.4, 0.5) is 0 Å². The number of hydrogen-bond donors (Lipinski definition) is 0. The van der Waals surface area contributed by atoms with Gasteiger partial charge in [0.1, 0.15) is 11.5 Å². The van der Waals surface area contributed by atoms with Crippen molar-refractivity contribution in [2.75, 3.05) is 13.7 Å². The lowest BCUT2D eigenvalue weighted by Gasteiger charge is -2.04. The maximum Gasteiger partial charge on any atom is 0.283 e. The molecule has 3 aromatic rings. The Labute approximate surface area is 155 Å². The summed E-state index contributed by atoms with van der Waals surface area (Å²) in [6.45, 7) is 2.85. The highest BCUT2D eigenvalue weighted by Crippen LogP contribution is 2.24. The molecule has 132 valence electrons. The molecule has 5 nitrogen and oxygen atoms in total. The second kappa shape index (κ2) is 7.89. The number of aromatic nitrogens is 1. The van der Waals surface area contributed by atoms with Crippen LogP contribution in [-0.4, -0.2) is 24.2 Å². The van der Waals surface area contributed by atoms with Gasteiger partial charge in [0.15, 0.2) is 4.80 Å². The van der Waals surface area contributed by atoms with E-state index in [9.17, 15) is 4.79 Å². The number of nitrogens with zero attached hydrogens (tertiary/aromatic N) is 2. The SMILES string of the molecule is C#CCn1c(=NC(=O)c2ccccc2OC)sc2cc(OCC)ccc21. The normalized spacial score (nSPS) is 11.3. The number of ether oxygens (including phenoxy) is 2. The summed E-state index contributed by atoms with van der Waals surface area (Å²) in [6.07, 6.45) is 5.51. The third-order valence-corrected chi connectivity index (χ3v) is 4.79. The maximum atomic E-state index is 12.7. The van der Waals surface area contributed by atoms with Gasteiger partial charge in [-0.3, -0.25) is 4.79 Å². The molecule has 0 atom stereocenters. The Kier molecular flexibility index (Phi) is 5.40. The van der Waals surface area contributed by atoms with Crippen LogP contribution in [0.15, 0.2) is 47.5 Å². The maximum absolute atomic E-state index is 12.7. The summed E-state index contributed by atoms with van der Waals surface area (Å²) in [4.78, 5) is 17.5. The van der Waals surface area contributed by atoms with E-state index >= 15 is 0 Å². The van der Waals surface area contributed by atoms with Crippen molar-refractivity contribution in [1.82, 2.24) is 4.57 Å². The number of fused-ring (bicyclic) bond motifs is 1. The van der Waals surface area contributed by atoms with Crippen molar-refractivity contribution in [1.29, 1.82) is 0 Å². The third kappa shape index (κ3) is 3.48. The number of amides is 1. The number of thiazole rings is 1. The van der Waals surface area contributed by atoms with Crippen LogP contribution in [0.3, 0.4) is 0 Å². The molecule has 6 heteroatoms. The summed E-state index contributed by atoms with van der Waals surface area (Å²) in [6, 6.07) is 12.8. The molecule has 0 aliphatic carbocycles. The molecule has 26 heavy (non-hydrogen) atoms. The van der Waals surface area contributed by atoms with E-state index in [0.717, 1.165) is 16.0 Å². The second-order valence-corrected chi connectivity index (χ2v) is 6.36. The van der Waals surface area contributed by atoms with Crippen LogP contribution in [0.1, 0.15) is 17.3 Å². The molecule has 0 saturated heterocycles. The quantitative estimate of drug-likeness (QED) is 0.650. The first-order valence-corrected chi connectivity index (χ1v) is 8.91. The van der Waals surface area contributed by atoms with E-state index in [-0.39, 0.29) is 5.91 Å². The van der Waals surface area contributed by atoms with Gasteiger partial charge in [0.25, 0.3) is 5.91 Å². The van der Waals surface area contributed by atoms with Gasteiger partial charge in [-0.1, -0.05) is 29.4 Å². The fourth-order valence-corrected chi connectivity index (χ4v) is 3.66. The number of hydrogen-bond acceptors (Lipinski definition) is 4. The minimum atomic E-state index is -0.371. The largest absolute Gasteiger partial charge is 0.496 e. The molecule has 1 heterocycles. The molecule has 0 fully saturated rings. The van der Waals surface area contributed by atoms with Gasteiger partial charge in [-0.25, -0.2) is 0 Å². The molecule has 0 bridgehead atoms. The van der Waals surface area contributed by atoms with Gasteiger partial charge >= 0.3 is 0 Å². The zero-order chi connectivity index (χ0) is 18.5. The first-order chi connectivity index (χ1) is 12.7.